The normalized spacial score (nSPS) is 29.4. The average Bonchev–Trinajstić information content (AvgIpc) is 2.72. The molecule has 0 amide bonds. The number of hydrogen-bond donors (Lipinski definition) is 1. The molecule has 0 aromatic heterocycles. The first-order chi connectivity index (χ1) is 8.07. The summed E-state index contributed by atoms with van der Waals surface area (Å²) in [6, 6.07) is 8.44. The van der Waals surface area contributed by atoms with Crippen molar-refractivity contribution in [2.75, 3.05) is 0 Å². The van der Waals surface area contributed by atoms with E-state index >= 15 is 0 Å². The first-order valence-electron chi connectivity index (χ1n) is 6.04. The smallest absolute Gasteiger partial charge is 0.184 e. The molecular formula is C13H18O3S. The summed E-state index contributed by atoms with van der Waals surface area (Å²) in [6.45, 7) is 1.98. The Bertz CT molecular complexity index is 467. The van der Waals surface area contributed by atoms with E-state index in [0.717, 1.165) is 12.8 Å². The van der Waals surface area contributed by atoms with Crippen LogP contribution in [-0.4, -0.2) is 24.9 Å². The van der Waals surface area contributed by atoms with Crippen LogP contribution in [0.5, 0.6) is 0 Å². The highest BCUT2D eigenvalue weighted by atomic mass is 32.2. The Balaban J connectivity index is 2.38. The van der Waals surface area contributed by atoms with E-state index in [0.29, 0.717) is 11.3 Å². The lowest BCUT2D eigenvalue weighted by Gasteiger charge is -2.21. The van der Waals surface area contributed by atoms with Crippen molar-refractivity contribution in [3.63, 3.8) is 0 Å². The maximum absolute atomic E-state index is 12.5. The van der Waals surface area contributed by atoms with Gasteiger partial charge in [-0.05, 0) is 30.9 Å². The minimum Gasteiger partial charge on any atom is -0.392 e. The van der Waals surface area contributed by atoms with Gasteiger partial charge in [0.15, 0.2) is 9.84 Å². The van der Waals surface area contributed by atoms with Gasteiger partial charge in [-0.15, -0.1) is 0 Å². The van der Waals surface area contributed by atoms with Crippen LogP contribution >= 0.6 is 0 Å². The maximum atomic E-state index is 12.5. The van der Waals surface area contributed by atoms with E-state index in [1.807, 2.05) is 6.92 Å². The Labute approximate surface area is 102 Å². The molecule has 1 saturated carbocycles. The highest BCUT2D eigenvalue weighted by molar-refractivity contribution is 7.92. The third kappa shape index (κ3) is 2.24. The zero-order chi connectivity index (χ0) is 12.5. The Morgan fingerprint density at radius 1 is 1.24 bits per heavy atom. The zero-order valence-corrected chi connectivity index (χ0v) is 10.7. The molecule has 1 aromatic carbocycles. The number of aliphatic hydroxyl groups is 1. The lowest BCUT2D eigenvalue weighted by atomic mass is 10.1. The van der Waals surface area contributed by atoms with Crippen molar-refractivity contribution in [1.29, 1.82) is 0 Å². The molecule has 0 saturated heterocycles. The van der Waals surface area contributed by atoms with Gasteiger partial charge in [0.1, 0.15) is 0 Å². The van der Waals surface area contributed by atoms with Crippen LogP contribution in [0.2, 0.25) is 0 Å². The van der Waals surface area contributed by atoms with E-state index in [-0.39, 0.29) is 5.92 Å². The fraction of sp³-hybridized carbons (Fsp3) is 0.538. The van der Waals surface area contributed by atoms with Crippen LogP contribution in [0.3, 0.4) is 0 Å². The Kier molecular flexibility index (Phi) is 3.54. The van der Waals surface area contributed by atoms with E-state index in [2.05, 4.69) is 0 Å². The molecule has 4 heteroatoms. The second kappa shape index (κ2) is 4.78. The second-order valence-corrected chi connectivity index (χ2v) is 6.74. The first kappa shape index (κ1) is 12.6. The average molecular weight is 254 g/mol. The lowest BCUT2D eigenvalue weighted by molar-refractivity contribution is 0.179. The molecule has 0 bridgehead atoms. The molecule has 1 N–H and O–H groups in total. The predicted molar refractivity (Wildman–Crippen MR) is 66.4 cm³/mol. The van der Waals surface area contributed by atoms with Crippen molar-refractivity contribution in [1.82, 2.24) is 0 Å². The summed E-state index contributed by atoms with van der Waals surface area (Å²) in [5.41, 5.74) is 0. The highest BCUT2D eigenvalue weighted by Crippen LogP contribution is 2.36. The van der Waals surface area contributed by atoms with Gasteiger partial charge in [0.2, 0.25) is 0 Å². The van der Waals surface area contributed by atoms with Gasteiger partial charge in [-0.3, -0.25) is 0 Å². The monoisotopic (exact) mass is 254 g/mol. The molecule has 0 heterocycles. The summed E-state index contributed by atoms with van der Waals surface area (Å²) in [5, 5.41) is 9.28. The minimum absolute atomic E-state index is 0.0789. The maximum Gasteiger partial charge on any atom is 0.184 e. The number of rotatable bonds is 3. The summed E-state index contributed by atoms with van der Waals surface area (Å²) in [7, 11) is -3.40. The van der Waals surface area contributed by atoms with E-state index in [1.54, 1.807) is 30.3 Å². The molecule has 1 aromatic rings. The SMILES string of the molecule is CC[C@H]1CC[C@H](O)[C@@H]1S(=O)(=O)c1ccccc1. The molecule has 0 aliphatic heterocycles. The quantitative estimate of drug-likeness (QED) is 0.897. The number of sulfone groups is 1. The highest BCUT2D eigenvalue weighted by Gasteiger charge is 2.43. The van der Waals surface area contributed by atoms with Crippen molar-refractivity contribution in [2.24, 2.45) is 5.92 Å². The summed E-state index contributed by atoms with van der Waals surface area (Å²) >= 11 is 0. The molecular weight excluding hydrogens is 236 g/mol. The van der Waals surface area contributed by atoms with Crippen molar-refractivity contribution in [3.8, 4) is 0 Å². The van der Waals surface area contributed by atoms with Gasteiger partial charge < -0.3 is 5.11 Å². The molecule has 17 heavy (non-hydrogen) atoms. The lowest BCUT2D eigenvalue weighted by Crippen LogP contribution is -2.34. The van der Waals surface area contributed by atoms with Gasteiger partial charge in [-0.1, -0.05) is 31.5 Å². The fourth-order valence-electron chi connectivity index (χ4n) is 2.69. The predicted octanol–water partition coefficient (Wildman–Crippen LogP) is 2.01. The molecule has 0 unspecified atom stereocenters. The molecule has 0 radical (unpaired) electrons. The van der Waals surface area contributed by atoms with Gasteiger partial charge in [-0.25, -0.2) is 8.42 Å². The van der Waals surface area contributed by atoms with Crippen molar-refractivity contribution in [2.45, 2.75) is 42.4 Å². The van der Waals surface area contributed by atoms with Crippen LogP contribution in [0.1, 0.15) is 26.2 Å². The van der Waals surface area contributed by atoms with E-state index in [4.69, 9.17) is 0 Å². The van der Waals surface area contributed by atoms with Crippen molar-refractivity contribution >= 4 is 9.84 Å². The van der Waals surface area contributed by atoms with Gasteiger partial charge in [0, 0.05) is 0 Å². The van der Waals surface area contributed by atoms with Gasteiger partial charge in [0.05, 0.1) is 16.2 Å². The summed E-state index contributed by atoms with van der Waals surface area (Å²) in [6.07, 6.45) is 1.47. The van der Waals surface area contributed by atoms with Crippen LogP contribution < -0.4 is 0 Å². The summed E-state index contributed by atoms with van der Waals surface area (Å²) in [4.78, 5) is 0.324. The molecule has 1 fully saturated rings. The zero-order valence-electron chi connectivity index (χ0n) is 9.91. The molecule has 94 valence electrons. The standard InChI is InChI=1S/C13H18O3S/c1-2-10-8-9-12(14)13(10)17(15,16)11-6-4-3-5-7-11/h3-7,10,12-14H,2,8-9H2,1H3/t10-,12-,13+/m0/s1. The molecule has 0 spiro atoms. The van der Waals surface area contributed by atoms with Crippen LogP contribution in [0.25, 0.3) is 0 Å². The molecule has 1 aliphatic carbocycles. The van der Waals surface area contributed by atoms with Crippen LogP contribution in [0.4, 0.5) is 0 Å². The van der Waals surface area contributed by atoms with Gasteiger partial charge in [-0.2, -0.15) is 0 Å². The van der Waals surface area contributed by atoms with Gasteiger partial charge >= 0.3 is 0 Å². The van der Waals surface area contributed by atoms with E-state index in [1.165, 1.54) is 0 Å². The third-order valence-electron chi connectivity index (χ3n) is 3.63. The minimum atomic E-state index is -3.40. The molecule has 2 rings (SSSR count). The Morgan fingerprint density at radius 3 is 2.47 bits per heavy atom. The Morgan fingerprint density at radius 2 is 1.88 bits per heavy atom. The second-order valence-electron chi connectivity index (χ2n) is 4.64. The molecule has 3 nitrogen and oxygen atoms in total. The summed E-state index contributed by atoms with van der Waals surface area (Å²) in [5.74, 6) is 0.0789. The fourth-order valence-corrected chi connectivity index (χ4v) is 4.93. The third-order valence-corrected chi connectivity index (χ3v) is 5.98. The molecule has 3 atom stereocenters. The summed E-state index contributed by atoms with van der Waals surface area (Å²) < 4.78 is 24.9. The van der Waals surface area contributed by atoms with Crippen LogP contribution in [-0.2, 0) is 9.84 Å². The van der Waals surface area contributed by atoms with Crippen molar-refractivity contribution < 1.29 is 13.5 Å². The van der Waals surface area contributed by atoms with E-state index in [9.17, 15) is 13.5 Å². The Hall–Kier alpha value is -0.870. The number of hydrogen-bond acceptors (Lipinski definition) is 3. The van der Waals surface area contributed by atoms with Crippen LogP contribution in [0.15, 0.2) is 35.2 Å². The van der Waals surface area contributed by atoms with Crippen LogP contribution in [0, 0.1) is 5.92 Å². The number of aliphatic hydroxyl groups excluding tert-OH is 1. The first-order valence-corrected chi connectivity index (χ1v) is 7.59. The molecule has 1 aliphatic rings. The van der Waals surface area contributed by atoms with Crippen molar-refractivity contribution in [3.05, 3.63) is 30.3 Å². The largest absolute Gasteiger partial charge is 0.392 e. The number of benzene rings is 1. The van der Waals surface area contributed by atoms with Gasteiger partial charge in [0.25, 0.3) is 0 Å². The topological polar surface area (TPSA) is 54.4 Å². The van der Waals surface area contributed by atoms with E-state index < -0.39 is 21.2 Å².